The van der Waals surface area contributed by atoms with Gasteiger partial charge in [-0.15, -0.1) is 0 Å². The van der Waals surface area contributed by atoms with Crippen LogP contribution < -0.4 is 5.32 Å². The van der Waals surface area contributed by atoms with Gasteiger partial charge in [0.05, 0.1) is 5.56 Å². The van der Waals surface area contributed by atoms with Crippen LogP contribution >= 0.6 is 11.8 Å². The summed E-state index contributed by atoms with van der Waals surface area (Å²) in [6.07, 6.45) is 2.86. The minimum absolute atomic E-state index is 0.0299. The SMILES string of the molecule is O=C(NCCSC(F)(F)F)c1cccnc1. The summed E-state index contributed by atoms with van der Waals surface area (Å²) in [5, 5.41) is 2.37. The van der Waals surface area contributed by atoms with Crippen LogP contribution in [-0.2, 0) is 0 Å². The number of carbonyl (C=O) groups excluding carboxylic acids is 1. The summed E-state index contributed by atoms with van der Waals surface area (Å²) in [4.78, 5) is 15.1. The third-order valence-electron chi connectivity index (χ3n) is 1.58. The molecule has 0 radical (unpaired) electrons. The van der Waals surface area contributed by atoms with E-state index >= 15 is 0 Å². The molecule has 1 N–H and O–H groups in total. The predicted octanol–water partition coefficient (Wildman–Crippen LogP) is 2.06. The van der Waals surface area contributed by atoms with Crippen molar-refractivity contribution < 1.29 is 18.0 Å². The normalized spacial score (nSPS) is 11.2. The van der Waals surface area contributed by atoms with Crippen molar-refractivity contribution in [1.82, 2.24) is 10.3 Å². The Hall–Kier alpha value is -1.24. The average molecular weight is 250 g/mol. The van der Waals surface area contributed by atoms with Crippen LogP contribution in [0.15, 0.2) is 24.5 Å². The van der Waals surface area contributed by atoms with E-state index in [1.807, 2.05) is 0 Å². The zero-order valence-corrected chi connectivity index (χ0v) is 8.94. The van der Waals surface area contributed by atoms with Crippen molar-refractivity contribution in [3.63, 3.8) is 0 Å². The molecule has 1 rings (SSSR count). The van der Waals surface area contributed by atoms with Gasteiger partial charge < -0.3 is 5.32 Å². The summed E-state index contributed by atoms with van der Waals surface area (Å²) in [5.74, 6) is -0.619. The Morgan fingerprint density at radius 1 is 1.50 bits per heavy atom. The highest BCUT2D eigenvalue weighted by molar-refractivity contribution is 8.00. The molecule has 0 saturated heterocycles. The Morgan fingerprint density at radius 3 is 2.81 bits per heavy atom. The lowest BCUT2D eigenvalue weighted by Crippen LogP contribution is -2.26. The second-order valence-electron chi connectivity index (χ2n) is 2.79. The second kappa shape index (κ2) is 5.74. The Bertz CT molecular complexity index is 342. The van der Waals surface area contributed by atoms with E-state index in [9.17, 15) is 18.0 Å². The van der Waals surface area contributed by atoms with Gasteiger partial charge in [0.1, 0.15) is 0 Å². The maximum Gasteiger partial charge on any atom is 0.441 e. The number of aromatic nitrogens is 1. The Morgan fingerprint density at radius 2 is 2.25 bits per heavy atom. The van der Waals surface area contributed by atoms with Gasteiger partial charge in [-0.05, 0) is 23.9 Å². The summed E-state index contributed by atoms with van der Waals surface area (Å²) in [5.41, 5.74) is -3.92. The Kier molecular flexibility index (Phi) is 4.60. The van der Waals surface area contributed by atoms with E-state index in [0.717, 1.165) is 0 Å². The topological polar surface area (TPSA) is 42.0 Å². The van der Waals surface area contributed by atoms with Crippen molar-refractivity contribution >= 4 is 17.7 Å². The monoisotopic (exact) mass is 250 g/mol. The van der Waals surface area contributed by atoms with Crippen molar-refractivity contribution in [2.45, 2.75) is 5.51 Å². The lowest BCUT2D eigenvalue weighted by molar-refractivity contribution is -0.0327. The fourth-order valence-corrected chi connectivity index (χ4v) is 1.37. The third kappa shape index (κ3) is 5.01. The van der Waals surface area contributed by atoms with Crippen molar-refractivity contribution in [3.8, 4) is 0 Å². The number of nitrogens with one attached hydrogen (secondary N) is 1. The number of thioether (sulfide) groups is 1. The smallest absolute Gasteiger partial charge is 0.351 e. The predicted molar refractivity (Wildman–Crippen MR) is 55.1 cm³/mol. The highest BCUT2D eigenvalue weighted by Crippen LogP contribution is 2.29. The summed E-state index contributed by atoms with van der Waals surface area (Å²) >= 11 is -0.160. The van der Waals surface area contributed by atoms with Crippen molar-refractivity contribution in [2.75, 3.05) is 12.3 Å². The molecule has 16 heavy (non-hydrogen) atoms. The molecule has 0 unspecified atom stereocenters. The fraction of sp³-hybridized carbons (Fsp3) is 0.333. The Labute approximate surface area is 94.4 Å². The molecule has 3 nitrogen and oxygen atoms in total. The number of alkyl halides is 3. The molecule has 0 aliphatic carbocycles. The lowest BCUT2D eigenvalue weighted by Gasteiger charge is -2.06. The molecule has 0 saturated carbocycles. The summed E-state index contributed by atoms with van der Waals surface area (Å²) < 4.78 is 35.2. The summed E-state index contributed by atoms with van der Waals surface area (Å²) in [7, 11) is 0. The van der Waals surface area contributed by atoms with Crippen LogP contribution in [0.4, 0.5) is 13.2 Å². The molecule has 88 valence electrons. The molecule has 0 fully saturated rings. The van der Waals surface area contributed by atoms with E-state index in [2.05, 4.69) is 10.3 Å². The van der Waals surface area contributed by atoms with Crippen LogP contribution in [0.25, 0.3) is 0 Å². The highest BCUT2D eigenvalue weighted by Gasteiger charge is 2.27. The van der Waals surface area contributed by atoms with Gasteiger partial charge in [-0.2, -0.15) is 13.2 Å². The van der Waals surface area contributed by atoms with E-state index in [0.29, 0.717) is 5.56 Å². The van der Waals surface area contributed by atoms with Crippen molar-refractivity contribution in [2.24, 2.45) is 0 Å². The molecule has 0 bridgehead atoms. The quantitative estimate of drug-likeness (QED) is 0.832. The molecule has 7 heteroatoms. The Balaban J connectivity index is 2.27. The summed E-state index contributed by atoms with van der Waals surface area (Å²) in [6, 6.07) is 3.12. The highest BCUT2D eigenvalue weighted by atomic mass is 32.2. The first kappa shape index (κ1) is 12.8. The number of rotatable bonds is 4. The number of halogens is 3. The molecule has 0 aliphatic heterocycles. The van der Waals surface area contributed by atoms with E-state index in [1.165, 1.54) is 12.4 Å². The molecular formula is C9H9F3N2OS. The van der Waals surface area contributed by atoms with Crippen molar-refractivity contribution in [1.29, 1.82) is 0 Å². The number of carbonyl (C=O) groups is 1. The van der Waals surface area contributed by atoms with Crippen LogP contribution in [0.2, 0.25) is 0 Å². The maximum absolute atomic E-state index is 11.7. The van der Waals surface area contributed by atoms with Gasteiger partial charge in [-0.1, -0.05) is 0 Å². The maximum atomic E-state index is 11.7. The average Bonchev–Trinajstić information content (AvgIpc) is 2.24. The fourth-order valence-electron chi connectivity index (χ4n) is 0.930. The largest absolute Gasteiger partial charge is 0.441 e. The molecular weight excluding hydrogens is 241 g/mol. The molecule has 1 aromatic rings. The minimum atomic E-state index is -4.25. The van der Waals surface area contributed by atoms with Gasteiger partial charge >= 0.3 is 5.51 Å². The van der Waals surface area contributed by atoms with Gasteiger partial charge in [0.15, 0.2) is 0 Å². The minimum Gasteiger partial charge on any atom is -0.351 e. The van der Waals surface area contributed by atoms with E-state index in [1.54, 1.807) is 12.1 Å². The van der Waals surface area contributed by atoms with E-state index < -0.39 is 11.4 Å². The first-order valence-electron chi connectivity index (χ1n) is 4.38. The van der Waals surface area contributed by atoms with E-state index in [-0.39, 0.29) is 24.1 Å². The molecule has 1 amide bonds. The van der Waals surface area contributed by atoms with E-state index in [4.69, 9.17) is 0 Å². The molecule has 0 atom stereocenters. The third-order valence-corrected chi connectivity index (χ3v) is 2.31. The molecule has 0 aliphatic rings. The van der Waals surface area contributed by atoms with Gasteiger partial charge in [0, 0.05) is 24.7 Å². The van der Waals surface area contributed by atoms with Crippen LogP contribution in [0, 0.1) is 0 Å². The molecule has 0 spiro atoms. The number of hydrogen-bond acceptors (Lipinski definition) is 3. The first-order valence-corrected chi connectivity index (χ1v) is 5.36. The van der Waals surface area contributed by atoms with Gasteiger partial charge in [-0.25, -0.2) is 0 Å². The van der Waals surface area contributed by atoms with Crippen molar-refractivity contribution in [3.05, 3.63) is 30.1 Å². The first-order chi connectivity index (χ1) is 7.49. The molecule has 1 heterocycles. The van der Waals surface area contributed by atoms with Crippen LogP contribution in [-0.4, -0.2) is 28.7 Å². The zero-order valence-electron chi connectivity index (χ0n) is 8.12. The number of hydrogen-bond donors (Lipinski definition) is 1. The molecule has 1 aromatic heterocycles. The zero-order chi connectivity index (χ0) is 12.0. The number of pyridine rings is 1. The second-order valence-corrected chi connectivity index (χ2v) is 3.95. The lowest BCUT2D eigenvalue weighted by atomic mass is 10.3. The van der Waals surface area contributed by atoms with Gasteiger partial charge in [0.25, 0.3) is 5.91 Å². The number of amides is 1. The standard InChI is InChI=1S/C9H9F3N2OS/c10-9(11,12)16-5-4-14-8(15)7-2-1-3-13-6-7/h1-3,6H,4-5H2,(H,14,15). The summed E-state index contributed by atoms with van der Waals surface area (Å²) in [6.45, 7) is -0.0299. The van der Waals surface area contributed by atoms with Gasteiger partial charge in [0.2, 0.25) is 0 Å². The number of nitrogens with zero attached hydrogens (tertiary/aromatic N) is 1. The van der Waals surface area contributed by atoms with Gasteiger partial charge in [-0.3, -0.25) is 9.78 Å². The van der Waals surface area contributed by atoms with Crippen LogP contribution in [0.5, 0.6) is 0 Å². The molecule has 0 aromatic carbocycles. The van der Waals surface area contributed by atoms with Crippen LogP contribution in [0.1, 0.15) is 10.4 Å². The van der Waals surface area contributed by atoms with Crippen LogP contribution in [0.3, 0.4) is 0 Å².